The second kappa shape index (κ2) is 9.96. The van der Waals surface area contributed by atoms with Crippen molar-refractivity contribution in [3.8, 4) is 11.1 Å². The number of nitrogens with zero attached hydrogens (tertiary/aromatic N) is 4. The molecule has 1 saturated carbocycles. The van der Waals surface area contributed by atoms with Gasteiger partial charge in [0, 0.05) is 60.0 Å². The molecule has 202 valence electrons. The van der Waals surface area contributed by atoms with Crippen LogP contribution < -0.4 is 10.6 Å². The maximum Gasteiger partial charge on any atom is 0.248 e. The van der Waals surface area contributed by atoms with Crippen molar-refractivity contribution >= 4 is 28.4 Å². The molecule has 3 aliphatic rings. The highest BCUT2D eigenvalue weighted by Gasteiger charge is 2.35. The molecular formula is C28H34F3N7. The van der Waals surface area contributed by atoms with Gasteiger partial charge in [-0.1, -0.05) is 0 Å². The summed E-state index contributed by atoms with van der Waals surface area (Å²) in [6.07, 6.45) is 6.93. The molecule has 2 aromatic heterocycles. The molecule has 38 heavy (non-hydrogen) atoms. The summed E-state index contributed by atoms with van der Waals surface area (Å²) < 4.78 is 42.2. The smallest absolute Gasteiger partial charge is 0.248 e. The van der Waals surface area contributed by atoms with Gasteiger partial charge in [0.05, 0.1) is 0 Å². The highest BCUT2D eigenvalue weighted by Crippen LogP contribution is 2.37. The van der Waals surface area contributed by atoms with E-state index in [0.29, 0.717) is 42.6 Å². The van der Waals surface area contributed by atoms with E-state index < -0.39 is 5.92 Å². The third-order valence-electron chi connectivity index (χ3n) is 8.31. The van der Waals surface area contributed by atoms with Crippen molar-refractivity contribution in [2.24, 2.45) is 4.99 Å². The van der Waals surface area contributed by atoms with Gasteiger partial charge >= 0.3 is 0 Å². The summed E-state index contributed by atoms with van der Waals surface area (Å²) in [5.74, 6) is -2.50. The molecule has 0 radical (unpaired) electrons. The molecule has 0 spiro atoms. The number of aliphatic imine (C=N–C) groups is 1. The van der Waals surface area contributed by atoms with Crippen molar-refractivity contribution in [3.63, 3.8) is 0 Å². The zero-order valence-corrected chi connectivity index (χ0v) is 21.8. The Kier molecular flexibility index (Phi) is 6.63. The number of rotatable bonds is 5. The van der Waals surface area contributed by atoms with Gasteiger partial charge in [0.1, 0.15) is 17.2 Å². The highest BCUT2D eigenvalue weighted by molar-refractivity contribution is 5.95. The van der Waals surface area contributed by atoms with E-state index >= 15 is 4.39 Å². The number of nitrogens with one attached hydrogen (secondary N) is 3. The van der Waals surface area contributed by atoms with Gasteiger partial charge in [-0.15, -0.1) is 0 Å². The Morgan fingerprint density at radius 2 is 1.84 bits per heavy atom. The number of anilines is 1. The number of H-pyrrole nitrogens is 1. The van der Waals surface area contributed by atoms with E-state index in [1.807, 2.05) is 19.2 Å². The molecule has 1 aliphatic carbocycles. The van der Waals surface area contributed by atoms with Gasteiger partial charge in [-0.2, -0.15) is 4.98 Å². The predicted octanol–water partition coefficient (Wildman–Crippen LogP) is 5.45. The number of benzene rings is 1. The third-order valence-corrected chi connectivity index (χ3v) is 8.31. The topological polar surface area (TPSA) is 81.2 Å². The number of fused-ring (bicyclic) bond motifs is 2. The van der Waals surface area contributed by atoms with Crippen LogP contribution in [0.15, 0.2) is 29.5 Å². The number of hydrogen-bond donors (Lipinski definition) is 3. The minimum absolute atomic E-state index is 0.0728. The van der Waals surface area contributed by atoms with Gasteiger partial charge in [-0.25, -0.2) is 18.2 Å². The summed E-state index contributed by atoms with van der Waals surface area (Å²) in [5, 5.41) is 7.74. The molecule has 1 atom stereocenters. The van der Waals surface area contributed by atoms with Gasteiger partial charge in [0.15, 0.2) is 0 Å². The number of hydrogen-bond acceptors (Lipinski definition) is 6. The largest absolute Gasteiger partial charge is 0.351 e. The van der Waals surface area contributed by atoms with Crippen LogP contribution in [0, 0.1) is 5.82 Å². The molecule has 1 aromatic carbocycles. The van der Waals surface area contributed by atoms with Crippen molar-refractivity contribution in [1.82, 2.24) is 25.2 Å². The second-order valence-corrected chi connectivity index (χ2v) is 11.2. The van der Waals surface area contributed by atoms with Crippen molar-refractivity contribution in [1.29, 1.82) is 0 Å². The summed E-state index contributed by atoms with van der Waals surface area (Å²) in [4.78, 5) is 19.2. The molecule has 0 amide bonds. The van der Waals surface area contributed by atoms with Crippen molar-refractivity contribution < 1.29 is 13.2 Å². The quantitative estimate of drug-likeness (QED) is 0.413. The van der Waals surface area contributed by atoms with E-state index in [9.17, 15) is 8.78 Å². The van der Waals surface area contributed by atoms with E-state index in [1.54, 1.807) is 6.20 Å². The second-order valence-electron chi connectivity index (χ2n) is 11.2. The lowest BCUT2D eigenvalue weighted by atomic mass is 9.92. The van der Waals surface area contributed by atoms with Crippen molar-refractivity contribution in [2.75, 3.05) is 25.5 Å². The van der Waals surface area contributed by atoms with E-state index in [0.717, 1.165) is 53.7 Å². The SMILES string of the molecule is CC1=Nc2c(F)cc(-c3c[nH]c4nc(NC5CCC(F)(F)CC5)ncc34)cc2CC1NC1CCN(C)CC1. The first-order valence-corrected chi connectivity index (χ1v) is 13.6. The van der Waals surface area contributed by atoms with E-state index in [4.69, 9.17) is 0 Å². The first kappa shape index (κ1) is 25.3. The van der Waals surface area contributed by atoms with Crippen LogP contribution in [0.2, 0.25) is 0 Å². The molecule has 6 rings (SSSR count). The first-order chi connectivity index (χ1) is 18.2. The maximum absolute atomic E-state index is 15.3. The monoisotopic (exact) mass is 525 g/mol. The maximum atomic E-state index is 15.3. The Labute approximate surface area is 220 Å². The Hall–Kier alpha value is -2.98. The zero-order chi connectivity index (χ0) is 26.4. The Morgan fingerprint density at radius 1 is 1.08 bits per heavy atom. The van der Waals surface area contributed by atoms with Crippen molar-refractivity contribution in [3.05, 3.63) is 35.9 Å². The van der Waals surface area contributed by atoms with Gasteiger partial charge in [-0.3, -0.25) is 4.99 Å². The molecule has 1 saturated heterocycles. The van der Waals surface area contributed by atoms with Gasteiger partial charge in [-0.05, 0) is 82.4 Å². The summed E-state index contributed by atoms with van der Waals surface area (Å²) in [7, 11) is 2.15. The average molecular weight is 526 g/mol. The molecule has 10 heteroatoms. The lowest BCUT2D eigenvalue weighted by Crippen LogP contribution is -2.49. The van der Waals surface area contributed by atoms with Crippen LogP contribution in [0.25, 0.3) is 22.2 Å². The fraction of sp³-hybridized carbons (Fsp3) is 0.536. The van der Waals surface area contributed by atoms with E-state index in [1.165, 1.54) is 6.07 Å². The normalized spacial score (nSPS) is 22.9. The molecular weight excluding hydrogens is 491 g/mol. The Morgan fingerprint density at radius 3 is 2.61 bits per heavy atom. The van der Waals surface area contributed by atoms with Crippen LogP contribution in [-0.4, -0.2) is 69.7 Å². The average Bonchev–Trinajstić information content (AvgIpc) is 3.31. The molecule has 3 aromatic rings. The molecule has 7 nitrogen and oxygen atoms in total. The Bertz CT molecular complexity index is 1350. The third kappa shape index (κ3) is 5.16. The lowest BCUT2D eigenvalue weighted by molar-refractivity contribution is -0.0361. The number of aromatic amines is 1. The minimum atomic E-state index is -2.57. The molecule has 0 bridgehead atoms. The number of likely N-dealkylation sites (tertiary alicyclic amines) is 1. The van der Waals surface area contributed by atoms with E-state index in [-0.39, 0.29) is 30.7 Å². The number of aromatic nitrogens is 3. The van der Waals surface area contributed by atoms with Crippen LogP contribution in [-0.2, 0) is 6.42 Å². The summed E-state index contributed by atoms with van der Waals surface area (Å²) >= 11 is 0. The Balaban J connectivity index is 1.21. The van der Waals surface area contributed by atoms with Gasteiger partial charge in [0.2, 0.25) is 11.9 Å². The molecule has 4 heterocycles. The van der Waals surface area contributed by atoms with Crippen LogP contribution in [0.5, 0.6) is 0 Å². The lowest BCUT2D eigenvalue weighted by Gasteiger charge is -2.34. The van der Waals surface area contributed by atoms with Crippen LogP contribution >= 0.6 is 0 Å². The molecule has 1 unspecified atom stereocenters. The number of alkyl halides is 2. The summed E-state index contributed by atoms with van der Waals surface area (Å²) in [6.45, 7) is 4.13. The fourth-order valence-corrected chi connectivity index (χ4v) is 5.94. The predicted molar refractivity (Wildman–Crippen MR) is 144 cm³/mol. The van der Waals surface area contributed by atoms with Crippen molar-refractivity contribution in [2.45, 2.75) is 75.9 Å². The minimum Gasteiger partial charge on any atom is -0.351 e. The van der Waals surface area contributed by atoms with Crippen LogP contribution in [0.3, 0.4) is 0 Å². The highest BCUT2D eigenvalue weighted by atomic mass is 19.3. The molecule has 2 aliphatic heterocycles. The standard InChI is InChI=1S/C28H34F3N7/c1-16-24(35-20-5-9-38(2)10-6-20)13-18-11-17(12-23(29)25(18)34-16)21-14-32-26-22(21)15-33-27(37-26)36-19-3-7-28(30,31)8-4-19/h11-12,14-15,19-20,24,35H,3-10,13H2,1-2H3,(H2,32,33,36,37). The van der Waals surface area contributed by atoms with Gasteiger partial charge < -0.3 is 20.5 Å². The van der Waals surface area contributed by atoms with Crippen LogP contribution in [0.1, 0.15) is 51.0 Å². The zero-order valence-electron chi connectivity index (χ0n) is 21.8. The fourth-order valence-electron chi connectivity index (χ4n) is 5.94. The summed E-state index contributed by atoms with van der Waals surface area (Å²) in [5.41, 5.74) is 4.42. The molecule has 3 N–H and O–H groups in total. The first-order valence-electron chi connectivity index (χ1n) is 13.6. The summed E-state index contributed by atoms with van der Waals surface area (Å²) in [6, 6.07) is 4.00. The van der Waals surface area contributed by atoms with E-state index in [2.05, 4.69) is 42.5 Å². The molecule has 2 fully saturated rings. The number of piperidine rings is 1. The van der Waals surface area contributed by atoms with Crippen LogP contribution in [0.4, 0.5) is 24.8 Å². The van der Waals surface area contributed by atoms with Gasteiger partial charge in [0.25, 0.3) is 0 Å². The number of halogens is 3.